The summed E-state index contributed by atoms with van der Waals surface area (Å²) >= 11 is 6.74. The monoisotopic (exact) mass is 960 g/mol. The second-order valence-corrected chi connectivity index (χ2v) is 22.3. The van der Waals surface area contributed by atoms with E-state index in [1.54, 1.807) is 57.5 Å². The van der Waals surface area contributed by atoms with Crippen LogP contribution < -0.4 is 15.6 Å². The second kappa shape index (κ2) is 24.0. The van der Waals surface area contributed by atoms with Crippen LogP contribution in [0.1, 0.15) is 160 Å². The first kappa shape index (κ1) is 49.4. The highest BCUT2D eigenvalue weighted by Crippen LogP contribution is 2.43. The minimum Gasteiger partial charge on any atom is -0.478 e. The molecule has 6 nitrogen and oxygen atoms in total. The lowest BCUT2D eigenvalue weighted by Gasteiger charge is -2.12. The summed E-state index contributed by atoms with van der Waals surface area (Å²) in [6.45, 7) is 9.26. The van der Waals surface area contributed by atoms with Gasteiger partial charge in [0.15, 0.2) is 10.9 Å². The molecule has 0 aliphatic heterocycles. The number of hydrogen-bond donors (Lipinski definition) is 1. The second-order valence-electron chi connectivity index (χ2n) is 17.7. The van der Waals surface area contributed by atoms with Gasteiger partial charge in [0.1, 0.15) is 5.75 Å². The number of carbonyl (C=O) groups excluding carboxylic acids is 1. The number of carbonyl (C=O) groups is 2. The van der Waals surface area contributed by atoms with Crippen LogP contribution >= 0.6 is 45.3 Å². The molecule has 0 radical (unpaired) electrons. The van der Waals surface area contributed by atoms with E-state index in [9.17, 15) is 24.3 Å². The van der Waals surface area contributed by atoms with Crippen molar-refractivity contribution in [1.82, 2.24) is 0 Å². The fraction of sp³-hybridized carbons (Fsp3) is 0.429. The number of hydrogen-bond acceptors (Lipinski definition) is 9. The van der Waals surface area contributed by atoms with E-state index in [1.165, 1.54) is 109 Å². The lowest BCUT2D eigenvalue weighted by Crippen LogP contribution is -2.02. The van der Waals surface area contributed by atoms with Crippen molar-refractivity contribution in [3.63, 3.8) is 0 Å². The van der Waals surface area contributed by atoms with Crippen LogP contribution in [0.3, 0.4) is 0 Å². The molecule has 348 valence electrons. The Morgan fingerprint density at radius 1 is 0.485 bits per heavy atom. The first-order valence-corrected chi connectivity index (χ1v) is 27.7. The molecule has 8 rings (SSSR count). The van der Waals surface area contributed by atoms with E-state index in [-0.39, 0.29) is 16.4 Å². The first-order chi connectivity index (χ1) is 32.2. The Morgan fingerprint density at radius 2 is 0.909 bits per heavy atom. The number of carboxylic acids is 1. The molecule has 0 atom stereocenters. The van der Waals surface area contributed by atoms with Crippen molar-refractivity contribution in [3.8, 4) is 26.6 Å². The molecule has 8 aromatic rings. The zero-order chi connectivity index (χ0) is 46.6. The summed E-state index contributed by atoms with van der Waals surface area (Å²) in [6, 6.07) is 19.7. The number of ether oxygens (including phenoxy) is 1. The molecule has 1 N–H and O–H groups in total. The summed E-state index contributed by atoms with van der Waals surface area (Å²) in [5, 5.41) is 15.2. The summed E-state index contributed by atoms with van der Waals surface area (Å²) < 4.78 is 7.48. The van der Waals surface area contributed by atoms with Gasteiger partial charge in [-0.05, 0) is 112 Å². The molecule has 0 fully saturated rings. The summed E-state index contributed by atoms with van der Waals surface area (Å²) in [7, 11) is 0. The van der Waals surface area contributed by atoms with Crippen molar-refractivity contribution in [2.75, 3.05) is 0 Å². The highest BCUT2D eigenvalue weighted by atomic mass is 32.1. The van der Waals surface area contributed by atoms with Gasteiger partial charge in [-0.2, -0.15) is 0 Å². The third-order valence-electron chi connectivity index (χ3n) is 12.7. The van der Waals surface area contributed by atoms with Crippen molar-refractivity contribution < 1.29 is 19.4 Å². The van der Waals surface area contributed by atoms with Crippen LogP contribution in [0, 0.1) is 0 Å². The molecule has 0 amide bonds. The lowest BCUT2D eigenvalue weighted by molar-refractivity contribution is -0.120. The fourth-order valence-electron chi connectivity index (χ4n) is 9.03. The van der Waals surface area contributed by atoms with E-state index in [4.69, 9.17) is 4.74 Å². The van der Waals surface area contributed by atoms with Crippen molar-refractivity contribution in [2.24, 2.45) is 0 Å². The predicted molar refractivity (Wildman–Crippen MR) is 285 cm³/mol. The van der Waals surface area contributed by atoms with E-state index in [1.807, 2.05) is 24.3 Å². The van der Waals surface area contributed by atoms with Gasteiger partial charge in [-0.1, -0.05) is 105 Å². The van der Waals surface area contributed by atoms with Crippen LogP contribution in [-0.4, -0.2) is 17.5 Å². The van der Waals surface area contributed by atoms with Crippen LogP contribution in [0.2, 0.25) is 0 Å². The maximum atomic E-state index is 13.2. The Labute approximate surface area is 405 Å². The largest absolute Gasteiger partial charge is 0.478 e. The summed E-state index contributed by atoms with van der Waals surface area (Å²) in [5.41, 5.74) is 1.73. The smallest absolute Gasteiger partial charge is 0.336 e. The van der Waals surface area contributed by atoms with Crippen LogP contribution in [-0.2, 0) is 30.5 Å². The molecule has 0 saturated heterocycles. The maximum Gasteiger partial charge on any atom is 0.336 e. The summed E-state index contributed by atoms with van der Waals surface area (Å²) in [6.07, 6.45) is 23.5. The Bertz CT molecular complexity index is 2850. The topological polar surface area (TPSA) is 97.7 Å². The Balaban J connectivity index is 0.000000197. The molecule has 0 bridgehead atoms. The zero-order valence-corrected chi connectivity index (χ0v) is 42.4. The van der Waals surface area contributed by atoms with E-state index in [2.05, 4.69) is 52.0 Å². The molecule has 4 heterocycles. The number of carboxylic acid groups (broad SMARTS) is 1. The van der Waals surface area contributed by atoms with E-state index >= 15 is 0 Å². The van der Waals surface area contributed by atoms with Gasteiger partial charge in [-0.15, -0.1) is 45.3 Å². The van der Waals surface area contributed by atoms with E-state index < -0.39 is 5.97 Å². The average molecular weight is 961 g/mol. The molecule has 4 aromatic carbocycles. The zero-order valence-electron chi connectivity index (χ0n) is 39.1. The molecule has 0 saturated carbocycles. The van der Waals surface area contributed by atoms with Gasteiger partial charge in [-0.25, -0.2) is 4.79 Å². The molecular formula is C56H64O6S4. The summed E-state index contributed by atoms with van der Waals surface area (Å²) in [5.74, 6) is -0.588. The third kappa shape index (κ3) is 11.6. The van der Waals surface area contributed by atoms with Crippen LogP contribution in [0.15, 0.2) is 70.3 Å². The first-order valence-electron chi connectivity index (χ1n) is 24.4. The summed E-state index contributed by atoms with van der Waals surface area (Å²) in [4.78, 5) is 56.8. The van der Waals surface area contributed by atoms with Crippen molar-refractivity contribution >= 4 is 99.5 Å². The van der Waals surface area contributed by atoms with Gasteiger partial charge < -0.3 is 9.84 Å². The number of benzene rings is 2. The van der Waals surface area contributed by atoms with E-state index in [0.29, 0.717) is 23.3 Å². The molecule has 10 heteroatoms. The number of rotatable bonds is 25. The van der Waals surface area contributed by atoms with Gasteiger partial charge in [0.25, 0.3) is 6.47 Å². The molecule has 0 unspecified atom stereocenters. The molecule has 66 heavy (non-hydrogen) atoms. The highest BCUT2D eigenvalue weighted by Gasteiger charge is 2.22. The third-order valence-corrected chi connectivity index (χ3v) is 17.5. The Kier molecular flexibility index (Phi) is 18.0. The molecule has 0 aliphatic carbocycles. The fourth-order valence-corrected chi connectivity index (χ4v) is 13.6. The van der Waals surface area contributed by atoms with Gasteiger partial charge in [0.2, 0.25) is 0 Å². The molecular weight excluding hydrogens is 897 g/mol. The van der Waals surface area contributed by atoms with Crippen LogP contribution in [0.5, 0.6) is 5.75 Å². The molecule has 0 aliphatic rings. The molecule has 4 aromatic heterocycles. The number of aryl methyl sites for hydroxylation is 4. The normalized spacial score (nSPS) is 11.6. The standard InChI is InChI=1S/C28H34O4S2.C28H30O2S2/c1-3-5-7-9-11-20-13-15-26(33-20)22-18-25(32-19-29)24(17-23(22)28(30)31)27-16-14-21(34-27)12-10-8-6-4-2;1-3-5-7-9-11-17-13-23-25(29)19-16-22-20(15-21(19)27(23)31-17)26(30)24-14-18(32-28(22)24)12-10-8-6-4-2/h13-19H,3-12H2,1-2H3,(H,30,31);13-16H,3-12H2,1-2H3. The van der Waals surface area contributed by atoms with Gasteiger partial charge in [0, 0.05) is 82.1 Å². The minimum atomic E-state index is -0.983. The van der Waals surface area contributed by atoms with Crippen LogP contribution in [0.25, 0.3) is 62.6 Å². The number of thiophene rings is 4. The number of unbranched alkanes of at least 4 members (excludes halogenated alkanes) is 12. The molecule has 0 spiro atoms. The Hall–Kier alpha value is -4.48. The van der Waals surface area contributed by atoms with Crippen molar-refractivity contribution in [2.45, 2.75) is 156 Å². The van der Waals surface area contributed by atoms with Crippen molar-refractivity contribution in [1.29, 1.82) is 0 Å². The van der Waals surface area contributed by atoms with Crippen molar-refractivity contribution in [3.05, 3.63) is 106 Å². The van der Waals surface area contributed by atoms with E-state index in [0.717, 1.165) is 90.0 Å². The van der Waals surface area contributed by atoms with Gasteiger partial charge in [-0.3, -0.25) is 14.4 Å². The lowest BCUT2D eigenvalue weighted by atomic mass is 10.0. The SMILES string of the molecule is CCCCCCc1cc2c(=O)c3cc4c(cc3c2s1)c(=O)c1cc(CCCCCC)sc14.CCCCCCc1ccc(-c2cc(C(=O)O)c(-c3ccc(CCCCCC)s3)cc2OC=O)s1. The Morgan fingerprint density at radius 3 is 1.32 bits per heavy atom. The van der Waals surface area contributed by atoms with Gasteiger partial charge >= 0.3 is 5.97 Å². The highest BCUT2D eigenvalue weighted by molar-refractivity contribution is 7.20. The maximum absolute atomic E-state index is 13.2. The quantitative estimate of drug-likeness (QED) is 0.0453. The van der Waals surface area contributed by atoms with Gasteiger partial charge in [0.05, 0.1) is 5.56 Å². The minimum absolute atomic E-state index is 0.131. The number of aromatic carboxylic acids is 1. The number of fused-ring (bicyclic) bond motifs is 6. The van der Waals surface area contributed by atoms with Crippen LogP contribution in [0.4, 0.5) is 0 Å². The predicted octanol–water partition coefficient (Wildman–Crippen LogP) is 16.9. The average Bonchev–Trinajstić information content (AvgIpc) is 4.19.